The highest BCUT2D eigenvalue weighted by molar-refractivity contribution is 5.98. The number of piperazine rings is 1. The fourth-order valence-electron chi connectivity index (χ4n) is 3.69. The van der Waals surface area contributed by atoms with E-state index in [0.717, 1.165) is 26.2 Å². The lowest BCUT2D eigenvalue weighted by atomic mass is 10.1. The summed E-state index contributed by atoms with van der Waals surface area (Å²) >= 11 is 0. The van der Waals surface area contributed by atoms with E-state index in [9.17, 15) is 9.59 Å². The number of para-hydroxylation sites is 1. The number of esters is 2. The van der Waals surface area contributed by atoms with E-state index in [1.165, 1.54) is 5.69 Å². The maximum absolute atomic E-state index is 12.5. The minimum atomic E-state index is -0.448. The standard InChI is InChI=1S/C22H29N3O4/c1-4-28-21(26)19-16(3)20(22(27)29-5-2)23-18(19)15-24-11-13-25(14-12-24)17-9-7-6-8-10-17/h6-10,23H,4-5,11-15H2,1-3H3. The van der Waals surface area contributed by atoms with E-state index >= 15 is 0 Å². The first-order chi connectivity index (χ1) is 14.0. The normalized spacial score (nSPS) is 14.7. The van der Waals surface area contributed by atoms with Gasteiger partial charge < -0.3 is 19.4 Å². The molecular weight excluding hydrogens is 370 g/mol. The van der Waals surface area contributed by atoms with E-state index in [2.05, 4.69) is 26.9 Å². The van der Waals surface area contributed by atoms with E-state index in [-0.39, 0.29) is 13.2 Å². The number of aromatic amines is 1. The molecule has 1 fully saturated rings. The number of anilines is 1. The van der Waals surface area contributed by atoms with Gasteiger partial charge in [-0.05, 0) is 38.5 Å². The summed E-state index contributed by atoms with van der Waals surface area (Å²) < 4.78 is 10.4. The van der Waals surface area contributed by atoms with Gasteiger partial charge in [-0.2, -0.15) is 0 Å². The summed E-state index contributed by atoms with van der Waals surface area (Å²) in [6, 6.07) is 10.4. The van der Waals surface area contributed by atoms with Crippen LogP contribution in [-0.2, 0) is 16.0 Å². The number of aromatic nitrogens is 1. The molecular formula is C22H29N3O4. The van der Waals surface area contributed by atoms with Crippen molar-refractivity contribution in [3.05, 3.63) is 52.8 Å². The lowest BCUT2D eigenvalue weighted by molar-refractivity contribution is 0.0517. The molecule has 1 saturated heterocycles. The molecule has 0 spiro atoms. The van der Waals surface area contributed by atoms with Crippen LogP contribution in [0, 0.1) is 6.92 Å². The predicted molar refractivity (Wildman–Crippen MR) is 111 cm³/mol. The first-order valence-electron chi connectivity index (χ1n) is 10.1. The van der Waals surface area contributed by atoms with Crippen molar-refractivity contribution in [1.29, 1.82) is 0 Å². The molecule has 1 aliphatic heterocycles. The molecule has 2 aromatic rings. The Hall–Kier alpha value is -2.80. The molecule has 0 bridgehead atoms. The molecule has 3 rings (SSSR count). The van der Waals surface area contributed by atoms with Gasteiger partial charge in [0, 0.05) is 44.1 Å². The van der Waals surface area contributed by atoms with Gasteiger partial charge in [0.15, 0.2) is 0 Å². The minimum Gasteiger partial charge on any atom is -0.462 e. The number of nitrogens with zero attached hydrogens (tertiary/aromatic N) is 2. The van der Waals surface area contributed by atoms with E-state index in [1.54, 1.807) is 20.8 Å². The van der Waals surface area contributed by atoms with Crippen molar-refractivity contribution in [1.82, 2.24) is 9.88 Å². The second-order valence-electron chi connectivity index (χ2n) is 7.02. The molecule has 7 nitrogen and oxygen atoms in total. The molecule has 0 unspecified atom stereocenters. The average molecular weight is 399 g/mol. The number of carbonyl (C=O) groups excluding carboxylic acids is 2. The van der Waals surface area contributed by atoms with Crippen LogP contribution in [0.3, 0.4) is 0 Å². The fourth-order valence-corrected chi connectivity index (χ4v) is 3.69. The Morgan fingerprint density at radius 2 is 1.59 bits per heavy atom. The largest absolute Gasteiger partial charge is 0.462 e. The van der Waals surface area contributed by atoms with Crippen molar-refractivity contribution in [2.24, 2.45) is 0 Å². The lowest BCUT2D eigenvalue weighted by Crippen LogP contribution is -2.46. The highest BCUT2D eigenvalue weighted by Crippen LogP contribution is 2.23. The number of ether oxygens (including phenoxy) is 2. The van der Waals surface area contributed by atoms with Gasteiger partial charge in [0.25, 0.3) is 0 Å². The summed E-state index contributed by atoms with van der Waals surface area (Å²) in [5, 5.41) is 0. The quantitative estimate of drug-likeness (QED) is 0.722. The molecule has 2 heterocycles. The molecule has 0 amide bonds. The third-order valence-corrected chi connectivity index (χ3v) is 5.16. The zero-order valence-corrected chi connectivity index (χ0v) is 17.4. The first kappa shape index (κ1) is 20.9. The number of hydrogen-bond donors (Lipinski definition) is 1. The van der Waals surface area contributed by atoms with Crippen LogP contribution in [-0.4, -0.2) is 61.2 Å². The molecule has 29 heavy (non-hydrogen) atoms. The molecule has 0 radical (unpaired) electrons. The van der Waals surface area contributed by atoms with Gasteiger partial charge in [0.2, 0.25) is 0 Å². The Kier molecular flexibility index (Phi) is 6.93. The number of hydrogen-bond acceptors (Lipinski definition) is 6. The highest BCUT2D eigenvalue weighted by Gasteiger charge is 2.27. The summed E-state index contributed by atoms with van der Waals surface area (Å²) in [5.41, 5.74) is 3.28. The molecule has 1 aliphatic rings. The Balaban J connectivity index is 1.75. The second-order valence-corrected chi connectivity index (χ2v) is 7.02. The van der Waals surface area contributed by atoms with E-state index < -0.39 is 11.9 Å². The smallest absolute Gasteiger partial charge is 0.355 e. The van der Waals surface area contributed by atoms with Gasteiger partial charge >= 0.3 is 11.9 Å². The first-order valence-corrected chi connectivity index (χ1v) is 10.1. The van der Waals surface area contributed by atoms with Gasteiger partial charge in [0.1, 0.15) is 5.69 Å². The summed E-state index contributed by atoms with van der Waals surface area (Å²) in [7, 11) is 0. The molecule has 1 aromatic heterocycles. The Bertz CT molecular complexity index is 839. The molecule has 1 N–H and O–H groups in total. The van der Waals surface area contributed by atoms with Gasteiger partial charge in [-0.1, -0.05) is 18.2 Å². The minimum absolute atomic E-state index is 0.281. The van der Waals surface area contributed by atoms with E-state index in [4.69, 9.17) is 9.47 Å². The maximum atomic E-state index is 12.5. The topological polar surface area (TPSA) is 74.9 Å². The van der Waals surface area contributed by atoms with E-state index in [0.29, 0.717) is 29.1 Å². The van der Waals surface area contributed by atoms with Crippen LogP contribution in [0.25, 0.3) is 0 Å². The van der Waals surface area contributed by atoms with Crippen molar-refractivity contribution < 1.29 is 19.1 Å². The number of carbonyl (C=O) groups is 2. The number of benzene rings is 1. The Morgan fingerprint density at radius 1 is 0.966 bits per heavy atom. The molecule has 0 saturated carbocycles. The SMILES string of the molecule is CCOC(=O)c1[nH]c(CN2CCN(c3ccccc3)CC2)c(C(=O)OCC)c1C. The summed E-state index contributed by atoms with van der Waals surface area (Å²) in [6.07, 6.45) is 0. The Morgan fingerprint density at radius 3 is 2.21 bits per heavy atom. The number of nitrogens with one attached hydrogen (secondary N) is 1. The molecule has 1 aromatic carbocycles. The number of H-pyrrole nitrogens is 1. The summed E-state index contributed by atoms with van der Waals surface area (Å²) in [6.45, 7) is 9.95. The van der Waals surface area contributed by atoms with Crippen LogP contribution in [0.5, 0.6) is 0 Å². The maximum Gasteiger partial charge on any atom is 0.355 e. The van der Waals surface area contributed by atoms with Gasteiger partial charge in [-0.25, -0.2) is 9.59 Å². The van der Waals surface area contributed by atoms with Crippen molar-refractivity contribution in [3.8, 4) is 0 Å². The Labute approximate surface area is 171 Å². The average Bonchev–Trinajstić information content (AvgIpc) is 3.05. The molecule has 0 aliphatic carbocycles. The zero-order valence-electron chi connectivity index (χ0n) is 17.4. The van der Waals surface area contributed by atoms with Crippen LogP contribution in [0.4, 0.5) is 5.69 Å². The third kappa shape index (κ3) is 4.79. The van der Waals surface area contributed by atoms with Crippen molar-refractivity contribution in [3.63, 3.8) is 0 Å². The fraction of sp³-hybridized carbons (Fsp3) is 0.455. The van der Waals surface area contributed by atoms with Gasteiger partial charge in [0.05, 0.1) is 18.8 Å². The molecule has 156 valence electrons. The van der Waals surface area contributed by atoms with Crippen LogP contribution in [0.15, 0.2) is 30.3 Å². The molecule has 0 atom stereocenters. The van der Waals surface area contributed by atoms with Crippen LogP contribution < -0.4 is 4.90 Å². The third-order valence-electron chi connectivity index (χ3n) is 5.16. The predicted octanol–water partition coefficient (Wildman–Crippen LogP) is 3.00. The van der Waals surface area contributed by atoms with Crippen LogP contribution in [0.1, 0.15) is 46.0 Å². The van der Waals surface area contributed by atoms with Crippen LogP contribution >= 0.6 is 0 Å². The monoisotopic (exact) mass is 399 g/mol. The summed E-state index contributed by atoms with van der Waals surface area (Å²) in [5.74, 6) is -0.856. The van der Waals surface area contributed by atoms with Crippen molar-refractivity contribution in [2.75, 3.05) is 44.3 Å². The van der Waals surface area contributed by atoms with E-state index in [1.807, 2.05) is 18.2 Å². The van der Waals surface area contributed by atoms with Gasteiger partial charge in [-0.15, -0.1) is 0 Å². The van der Waals surface area contributed by atoms with Crippen LogP contribution in [0.2, 0.25) is 0 Å². The van der Waals surface area contributed by atoms with Crippen molar-refractivity contribution in [2.45, 2.75) is 27.3 Å². The number of rotatable bonds is 7. The van der Waals surface area contributed by atoms with Crippen molar-refractivity contribution >= 4 is 17.6 Å². The molecule has 7 heteroatoms. The summed E-state index contributed by atoms with van der Waals surface area (Å²) in [4.78, 5) is 32.6. The second kappa shape index (κ2) is 9.60. The van der Waals surface area contributed by atoms with Gasteiger partial charge in [-0.3, -0.25) is 4.90 Å². The highest BCUT2D eigenvalue weighted by atomic mass is 16.5. The lowest BCUT2D eigenvalue weighted by Gasteiger charge is -2.36. The zero-order chi connectivity index (χ0) is 20.8.